The van der Waals surface area contributed by atoms with Gasteiger partial charge in [-0.3, -0.25) is 0 Å². The van der Waals surface area contributed by atoms with Gasteiger partial charge in [0, 0.05) is 23.3 Å². The maximum Gasteiger partial charge on any atom is 0.123 e. The molecule has 2 aliphatic carbocycles. The van der Waals surface area contributed by atoms with E-state index in [1.54, 1.807) is 12.1 Å². The maximum atomic E-state index is 13.3. The first-order valence-electron chi connectivity index (χ1n) is 7.72. The van der Waals surface area contributed by atoms with E-state index >= 15 is 0 Å². The molecule has 1 heterocycles. The molecule has 2 heteroatoms. The molecule has 0 radical (unpaired) electrons. The Hall–Kier alpha value is -2.35. The van der Waals surface area contributed by atoms with Crippen molar-refractivity contribution in [2.75, 3.05) is 0 Å². The van der Waals surface area contributed by atoms with Crippen LogP contribution in [-0.2, 0) is 0 Å². The van der Waals surface area contributed by atoms with Crippen LogP contribution in [0.3, 0.4) is 0 Å². The number of fused-ring (bicyclic) bond motifs is 3. The van der Waals surface area contributed by atoms with Crippen molar-refractivity contribution >= 4 is 11.6 Å². The SMILES string of the molecule is CC(C)C1=CC=C2C(=Cc3cc[nH]c32)C1c1ccc(F)cc1. The Morgan fingerprint density at radius 2 is 1.82 bits per heavy atom. The number of rotatable bonds is 2. The topological polar surface area (TPSA) is 15.8 Å². The van der Waals surface area contributed by atoms with Gasteiger partial charge in [-0.25, -0.2) is 4.39 Å². The highest BCUT2D eigenvalue weighted by molar-refractivity contribution is 5.97. The van der Waals surface area contributed by atoms with Crippen molar-refractivity contribution in [1.29, 1.82) is 0 Å². The Kier molecular flexibility index (Phi) is 2.93. The number of aromatic amines is 1. The highest BCUT2D eigenvalue weighted by atomic mass is 19.1. The molecule has 2 aromatic rings. The Labute approximate surface area is 129 Å². The van der Waals surface area contributed by atoms with E-state index in [9.17, 15) is 4.39 Å². The Morgan fingerprint density at radius 1 is 1.05 bits per heavy atom. The van der Waals surface area contributed by atoms with Gasteiger partial charge in [0.05, 0.1) is 5.69 Å². The molecule has 1 N–H and O–H groups in total. The third-order valence-corrected chi connectivity index (χ3v) is 4.63. The van der Waals surface area contributed by atoms with Crippen LogP contribution < -0.4 is 0 Å². The van der Waals surface area contributed by atoms with Gasteiger partial charge in [0.2, 0.25) is 0 Å². The summed E-state index contributed by atoms with van der Waals surface area (Å²) in [6.45, 7) is 4.44. The minimum Gasteiger partial charge on any atom is -0.361 e. The van der Waals surface area contributed by atoms with Crippen molar-refractivity contribution in [3.63, 3.8) is 0 Å². The average molecular weight is 291 g/mol. The van der Waals surface area contributed by atoms with E-state index in [-0.39, 0.29) is 11.7 Å². The van der Waals surface area contributed by atoms with Crippen LogP contribution in [0.4, 0.5) is 4.39 Å². The van der Waals surface area contributed by atoms with E-state index < -0.39 is 0 Å². The summed E-state index contributed by atoms with van der Waals surface area (Å²) >= 11 is 0. The molecule has 0 spiro atoms. The molecule has 0 aliphatic heterocycles. The highest BCUT2D eigenvalue weighted by Crippen LogP contribution is 2.49. The largest absolute Gasteiger partial charge is 0.361 e. The van der Waals surface area contributed by atoms with Crippen molar-refractivity contribution in [2.24, 2.45) is 5.92 Å². The van der Waals surface area contributed by atoms with Crippen molar-refractivity contribution in [3.8, 4) is 0 Å². The predicted molar refractivity (Wildman–Crippen MR) is 88.8 cm³/mol. The van der Waals surface area contributed by atoms with Gasteiger partial charge in [0.1, 0.15) is 5.82 Å². The quantitative estimate of drug-likeness (QED) is 0.771. The van der Waals surface area contributed by atoms with Crippen molar-refractivity contribution in [3.05, 3.63) is 82.5 Å². The second-order valence-electron chi connectivity index (χ2n) is 6.29. The number of hydrogen-bond acceptors (Lipinski definition) is 0. The summed E-state index contributed by atoms with van der Waals surface area (Å²) in [6, 6.07) is 9.04. The van der Waals surface area contributed by atoms with E-state index in [1.807, 2.05) is 18.3 Å². The zero-order valence-corrected chi connectivity index (χ0v) is 12.7. The van der Waals surface area contributed by atoms with Crippen LogP contribution in [0.1, 0.15) is 36.6 Å². The molecule has 0 bridgehead atoms. The number of H-pyrrole nitrogens is 1. The van der Waals surface area contributed by atoms with Crippen LogP contribution in [0.5, 0.6) is 0 Å². The monoisotopic (exact) mass is 291 g/mol. The van der Waals surface area contributed by atoms with Crippen molar-refractivity contribution in [1.82, 2.24) is 4.98 Å². The van der Waals surface area contributed by atoms with Crippen LogP contribution in [0.2, 0.25) is 0 Å². The van der Waals surface area contributed by atoms with Crippen LogP contribution in [-0.4, -0.2) is 4.98 Å². The van der Waals surface area contributed by atoms with Gasteiger partial charge in [0.15, 0.2) is 0 Å². The van der Waals surface area contributed by atoms with Crippen LogP contribution in [0.25, 0.3) is 11.6 Å². The van der Waals surface area contributed by atoms with Crippen LogP contribution in [0.15, 0.2) is 59.8 Å². The van der Waals surface area contributed by atoms with Crippen molar-refractivity contribution in [2.45, 2.75) is 19.8 Å². The summed E-state index contributed by atoms with van der Waals surface area (Å²) < 4.78 is 13.3. The number of benzene rings is 1. The maximum absolute atomic E-state index is 13.3. The van der Waals surface area contributed by atoms with Gasteiger partial charge in [0.25, 0.3) is 0 Å². The third kappa shape index (κ3) is 1.91. The molecule has 110 valence electrons. The molecule has 22 heavy (non-hydrogen) atoms. The van der Waals surface area contributed by atoms with Gasteiger partial charge in [-0.2, -0.15) is 0 Å². The van der Waals surface area contributed by atoms with Gasteiger partial charge in [-0.15, -0.1) is 0 Å². The van der Waals surface area contributed by atoms with E-state index in [0.29, 0.717) is 5.92 Å². The van der Waals surface area contributed by atoms with E-state index in [2.05, 4.69) is 43.1 Å². The first-order chi connectivity index (χ1) is 10.6. The second kappa shape index (κ2) is 4.84. The fourth-order valence-electron chi connectivity index (χ4n) is 3.55. The molecule has 0 amide bonds. The van der Waals surface area contributed by atoms with E-state index in [4.69, 9.17) is 0 Å². The van der Waals surface area contributed by atoms with E-state index in [0.717, 1.165) is 5.56 Å². The Balaban J connectivity index is 1.87. The van der Waals surface area contributed by atoms with Gasteiger partial charge >= 0.3 is 0 Å². The lowest BCUT2D eigenvalue weighted by Gasteiger charge is -2.29. The fraction of sp³-hybridized carbons (Fsp3) is 0.200. The predicted octanol–water partition coefficient (Wildman–Crippen LogP) is 5.31. The molecule has 1 atom stereocenters. The smallest absolute Gasteiger partial charge is 0.123 e. The number of allylic oxidation sites excluding steroid dienone is 5. The highest BCUT2D eigenvalue weighted by Gasteiger charge is 2.32. The average Bonchev–Trinajstić information content (AvgIpc) is 3.07. The number of hydrogen-bond donors (Lipinski definition) is 1. The van der Waals surface area contributed by atoms with Gasteiger partial charge < -0.3 is 4.98 Å². The molecule has 1 aromatic carbocycles. The lowest BCUT2D eigenvalue weighted by molar-refractivity contribution is 0.625. The zero-order valence-electron chi connectivity index (χ0n) is 12.7. The van der Waals surface area contributed by atoms with Crippen LogP contribution >= 0.6 is 0 Å². The number of aromatic nitrogens is 1. The molecule has 0 saturated heterocycles. The molecule has 1 aromatic heterocycles. The molecule has 0 saturated carbocycles. The Bertz CT molecular complexity index is 816. The molecular weight excluding hydrogens is 273 g/mol. The first kappa shape index (κ1) is 13.3. The summed E-state index contributed by atoms with van der Waals surface area (Å²) in [4.78, 5) is 3.33. The third-order valence-electron chi connectivity index (χ3n) is 4.63. The Morgan fingerprint density at radius 3 is 2.55 bits per heavy atom. The molecule has 1 nitrogen and oxygen atoms in total. The molecule has 1 unspecified atom stereocenters. The minimum absolute atomic E-state index is 0.184. The lowest BCUT2D eigenvalue weighted by atomic mass is 9.75. The summed E-state index contributed by atoms with van der Waals surface area (Å²) in [7, 11) is 0. The fourth-order valence-corrected chi connectivity index (χ4v) is 3.55. The minimum atomic E-state index is -0.184. The standard InChI is InChI=1S/C20H18FN/c1-12(2)16-7-8-17-18(11-14-9-10-22-20(14)17)19(16)13-3-5-15(21)6-4-13/h3-12,19,22H,1-2H3. The number of halogens is 1. The molecule has 4 rings (SSSR count). The van der Waals surface area contributed by atoms with E-state index in [1.165, 1.54) is 28.0 Å². The summed E-state index contributed by atoms with van der Waals surface area (Å²) in [5, 5.41) is 0. The summed E-state index contributed by atoms with van der Waals surface area (Å²) in [5.74, 6) is 0.477. The van der Waals surface area contributed by atoms with Gasteiger partial charge in [-0.05, 0) is 41.3 Å². The lowest BCUT2D eigenvalue weighted by Crippen LogP contribution is -2.13. The second-order valence-corrected chi connectivity index (χ2v) is 6.29. The van der Waals surface area contributed by atoms with Gasteiger partial charge in [-0.1, -0.05) is 43.7 Å². The molecule has 2 aliphatic rings. The summed E-state index contributed by atoms with van der Waals surface area (Å²) in [6.07, 6.45) is 8.69. The molecular formula is C20H18FN. The summed E-state index contributed by atoms with van der Waals surface area (Å²) in [5.41, 5.74) is 7.56. The van der Waals surface area contributed by atoms with Crippen molar-refractivity contribution < 1.29 is 4.39 Å². The molecule has 0 fully saturated rings. The zero-order chi connectivity index (χ0) is 15.3. The van der Waals surface area contributed by atoms with Crippen LogP contribution in [0, 0.1) is 11.7 Å². The normalized spacial score (nSPS) is 19.5. The first-order valence-corrected chi connectivity index (χ1v) is 7.72. The number of nitrogens with one attached hydrogen (secondary N) is 1.